The van der Waals surface area contributed by atoms with E-state index in [2.05, 4.69) is 15.5 Å². The molecule has 2 aromatic rings. The third kappa shape index (κ3) is 2.63. The van der Waals surface area contributed by atoms with Gasteiger partial charge in [-0.05, 0) is 20.8 Å². The minimum atomic E-state index is -0.275. The third-order valence-electron chi connectivity index (χ3n) is 2.78. The van der Waals surface area contributed by atoms with Crippen molar-refractivity contribution < 1.29 is 4.79 Å². The summed E-state index contributed by atoms with van der Waals surface area (Å²) in [6, 6.07) is 0. The molecule has 19 heavy (non-hydrogen) atoms. The van der Waals surface area contributed by atoms with E-state index in [1.54, 1.807) is 28.7 Å². The number of anilines is 1. The fourth-order valence-electron chi connectivity index (χ4n) is 1.80. The molecule has 0 aromatic carbocycles. The lowest BCUT2D eigenvalue weighted by atomic mass is 10.3. The highest BCUT2D eigenvalue weighted by molar-refractivity contribution is 6.34. The van der Waals surface area contributed by atoms with Crippen LogP contribution in [0.5, 0.6) is 0 Å². The van der Waals surface area contributed by atoms with Crippen LogP contribution >= 0.6 is 11.6 Å². The molecule has 0 aliphatic carbocycles. The fraction of sp³-hybridized carbons (Fsp3) is 0.417. The molecule has 0 saturated carbocycles. The lowest BCUT2D eigenvalue weighted by Crippen LogP contribution is -2.17. The summed E-state index contributed by atoms with van der Waals surface area (Å²) in [5, 5.41) is 11.5. The second-order valence-corrected chi connectivity index (χ2v) is 4.48. The molecule has 0 radical (unpaired) electrons. The first-order valence-corrected chi connectivity index (χ1v) is 6.51. The summed E-state index contributed by atoms with van der Waals surface area (Å²) in [5.74, 6) is -0.275. The molecular formula is C12H16ClN5O. The molecule has 6 nitrogen and oxygen atoms in total. The first kappa shape index (κ1) is 13.6. The maximum Gasteiger partial charge on any atom is 0.275 e. The van der Waals surface area contributed by atoms with Crippen LogP contribution in [0.4, 0.5) is 5.69 Å². The number of carbonyl (C=O) groups excluding carboxylic acids is 1. The van der Waals surface area contributed by atoms with E-state index in [-0.39, 0.29) is 5.91 Å². The summed E-state index contributed by atoms with van der Waals surface area (Å²) in [5.41, 5.74) is 1.67. The van der Waals surface area contributed by atoms with Crippen LogP contribution in [0, 0.1) is 6.92 Å². The van der Waals surface area contributed by atoms with Crippen molar-refractivity contribution in [1.82, 2.24) is 19.6 Å². The number of halogens is 1. The zero-order chi connectivity index (χ0) is 14.0. The Morgan fingerprint density at radius 2 is 2.16 bits per heavy atom. The zero-order valence-corrected chi connectivity index (χ0v) is 11.9. The summed E-state index contributed by atoms with van der Waals surface area (Å²) in [4.78, 5) is 12.2. The average Bonchev–Trinajstić information content (AvgIpc) is 2.95. The van der Waals surface area contributed by atoms with Crippen LogP contribution in [0.25, 0.3) is 0 Å². The Morgan fingerprint density at radius 1 is 1.42 bits per heavy atom. The Balaban J connectivity index is 2.24. The lowest BCUT2D eigenvalue weighted by molar-refractivity contribution is 0.101. The number of hydrogen-bond donors (Lipinski definition) is 1. The molecule has 2 aromatic heterocycles. The van der Waals surface area contributed by atoms with Gasteiger partial charge in [0.15, 0.2) is 0 Å². The Bertz CT molecular complexity index is 601. The maximum absolute atomic E-state index is 12.2. The zero-order valence-electron chi connectivity index (χ0n) is 11.1. The summed E-state index contributed by atoms with van der Waals surface area (Å²) in [7, 11) is 0. The largest absolute Gasteiger partial charge is 0.318 e. The number of carbonyl (C=O) groups is 1. The molecule has 1 amide bonds. The van der Waals surface area contributed by atoms with Crippen molar-refractivity contribution in [2.24, 2.45) is 0 Å². The van der Waals surface area contributed by atoms with Gasteiger partial charge in [0, 0.05) is 19.3 Å². The molecule has 102 valence electrons. The van der Waals surface area contributed by atoms with E-state index in [4.69, 9.17) is 11.6 Å². The molecule has 0 bridgehead atoms. The van der Waals surface area contributed by atoms with E-state index >= 15 is 0 Å². The van der Waals surface area contributed by atoms with Gasteiger partial charge in [-0.1, -0.05) is 11.6 Å². The van der Waals surface area contributed by atoms with Crippen molar-refractivity contribution in [3.63, 3.8) is 0 Å². The monoisotopic (exact) mass is 281 g/mol. The number of rotatable bonds is 4. The normalized spacial score (nSPS) is 10.7. The molecular weight excluding hydrogens is 266 g/mol. The van der Waals surface area contributed by atoms with Gasteiger partial charge < -0.3 is 5.32 Å². The Hall–Kier alpha value is -1.82. The van der Waals surface area contributed by atoms with Gasteiger partial charge in [-0.3, -0.25) is 14.2 Å². The quantitative estimate of drug-likeness (QED) is 0.935. The van der Waals surface area contributed by atoms with Crippen LogP contribution in [0.3, 0.4) is 0 Å². The van der Waals surface area contributed by atoms with Crippen LogP contribution in [-0.2, 0) is 13.1 Å². The summed E-state index contributed by atoms with van der Waals surface area (Å²) in [6.45, 7) is 7.01. The van der Waals surface area contributed by atoms with Crippen molar-refractivity contribution in [1.29, 1.82) is 0 Å². The van der Waals surface area contributed by atoms with Crippen LogP contribution in [0.15, 0.2) is 12.4 Å². The Labute approximate surface area is 116 Å². The fourth-order valence-corrected chi connectivity index (χ4v) is 2.02. The molecule has 2 heterocycles. The van der Waals surface area contributed by atoms with Gasteiger partial charge in [0.1, 0.15) is 5.69 Å². The molecule has 0 unspecified atom stereocenters. The SMILES string of the molecule is CCn1cc(NC(=O)c2c(Cl)c(C)nn2CC)cn1. The van der Waals surface area contributed by atoms with Crippen LogP contribution in [-0.4, -0.2) is 25.5 Å². The molecule has 1 N–H and O–H groups in total. The van der Waals surface area contributed by atoms with E-state index in [0.29, 0.717) is 28.6 Å². The molecule has 0 atom stereocenters. The van der Waals surface area contributed by atoms with Gasteiger partial charge in [0.2, 0.25) is 0 Å². The number of hydrogen-bond acceptors (Lipinski definition) is 3. The number of aromatic nitrogens is 4. The van der Waals surface area contributed by atoms with E-state index in [1.807, 2.05) is 13.8 Å². The topological polar surface area (TPSA) is 64.7 Å². The van der Waals surface area contributed by atoms with Crippen molar-refractivity contribution in [3.8, 4) is 0 Å². The first-order valence-electron chi connectivity index (χ1n) is 6.13. The van der Waals surface area contributed by atoms with Crippen molar-refractivity contribution in [3.05, 3.63) is 28.8 Å². The van der Waals surface area contributed by atoms with Gasteiger partial charge in [0.05, 0.1) is 22.6 Å². The molecule has 7 heteroatoms. The smallest absolute Gasteiger partial charge is 0.275 e. The highest BCUT2D eigenvalue weighted by Crippen LogP contribution is 2.21. The molecule has 0 aliphatic heterocycles. The van der Waals surface area contributed by atoms with Gasteiger partial charge >= 0.3 is 0 Å². The van der Waals surface area contributed by atoms with Crippen molar-refractivity contribution in [2.75, 3.05) is 5.32 Å². The standard InChI is InChI=1S/C12H16ClN5O/c1-4-17-7-9(6-14-17)15-12(19)11-10(13)8(3)16-18(11)5-2/h6-7H,4-5H2,1-3H3,(H,15,19). The number of nitrogens with one attached hydrogen (secondary N) is 1. The molecule has 0 saturated heterocycles. The highest BCUT2D eigenvalue weighted by atomic mass is 35.5. The van der Waals surface area contributed by atoms with Gasteiger partial charge in [0.25, 0.3) is 5.91 Å². The van der Waals surface area contributed by atoms with Crippen LogP contribution in [0.1, 0.15) is 30.0 Å². The Kier molecular flexibility index (Phi) is 3.90. The van der Waals surface area contributed by atoms with E-state index in [9.17, 15) is 4.79 Å². The summed E-state index contributed by atoms with van der Waals surface area (Å²) >= 11 is 6.12. The van der Waals surface area contributed by atoms with Crippen molar-refractivity contribution >= 4 is 23.2 Å². The second-order valence-electron chi connectivity index (χ2n) is 4.10. The first-order chi connectivity index (χ1) is 9.06. The third-order valence-corrected chi connectivity index (χ3v) is 3.24. The number of amides is 1. The average molecular weight is 282 g/mol. The molecule has 0 fully saturated rings. The molecule has 0 spiro atoms. The number of nitrogens with zero attached hydrogens (tertiary/aromatic N) is 4. The minimum Gasteiger partial charge on any atom is -0.318 e. The van der Waals surface area contributed by atoms with Crippen molar-refractivity contribution in [2.45, 2.75) is 33.9 Å². The highest BCUT2D eigenvalue weighted by Gasteiger charge is 2.20. The van der Waals surface area contributed by atoms with Gasteiger partial charge in [-0.25, -0.2) is 0 Å². The summed E-state index contributed by atoms with van der Waals surface area (Å²) < 4.78 is 3.33. The Morgan fingerprint density at radius 3 is 2.74 bits per heavy atom. The molecule has 0 aliphatic rings. The summed E-state index contributed by atoms with van der Waals surface area (Å²) in [6.07, 6.45) is 3.38. The lowest BCUT2D eigenvalue weighted by Gasteiger charge is -2.05. The second kappa shape index (κ2) is 5.44. The predicted molar refractivity (Wildman–Crippen MR) is 73.5 cm³/mol. The van der Waals surface area contributed by atoms with E-state index < -0.39 is 0 Å². The predicted octanol–water partition coefficient (Wildman–Crippen LogP) is 2.33. The van der Waals surface area contributed by atoms with E-state index in [0.717, 1.165) is 6.54 Å². The van der Waals surface area contributed by atoms with Crippen LogP contribution in [0.2, 0.25) is 5.02 Å². The van der Waals surface area contributed by atoms with Gasteiger partial charge in [-0.15, -0.1) is 0 Å². The number of aryl methyl sites for hydroxylation is 3. The maximum atomic E-state index is 12.2. The van der Waals surface area contributed by atoms with Crippen LogP contribution < -0.4 is 5.32 Å². The van der Waals surface area contributed by atoms with E-state index in [1.165, 1.54) is 0 Å². The minimum absolute atomic E-state index is 0.275. The van der Waals surface area contributed by atoms with Gasteiger partial charge in [-0.2, -0.15) is 10.2 Å². The molecule has 2 rings (SSSR count).